The van der Waals surface area contributed by atoms with Crippen molar-refractivity contribution in [2.45, 2.75) is 65.2 Å². The quantitative estimate of drug-likeness (QED) is 0.663. The molecule has 1 N–H and O–H groups in total. The van der Waals surface area contributed by atoms with Crippen molar-refractivity contribution in [3.05, 3.63) is 46.8 Å². The van der Waals surface area contributed by atoms with Crippen molar-refractivity contribution in [1.82, 2.24) is 14.9 Å². The lowest BCUT2D eigenvalue weighted by Crippen LogP contribution is -2.31. The van der Waals surface area contributed by atoms with Crippen molar-refractivity contribution in [3.63, 3.8) is 0 Å². The van der Waals surface area contributed by atoms with E-state index >= 15 is 0 Å². The molecule has 2 aromatic rings. The summed E-state index contributed by atoms with van der Waals surface area (Å²) in [5.41, 5.74) is 4.71. The van der Waals surface area contributed by atoms with Crippen LogP contribution in [-0.4, -0.2) is 21.2 Å². The number of aromatic nitrogens is 2. The molecule has 1 unspecified atom stereocenters. The van der Waals surface area contributed by atoms with Crippen LogP contribution in [0.4, 0.5) is 0 Å². The average Bonchev–Trinajstić information content (AvgIpc) is 3.42. The molecule has 1 aromatic heterocycles. The van der Waals surface area contributed by atoms with Gasteiger partial charge in [-0.3, -0.25) is 4.79 Å². The Kier molecular flexibility index (Phi) is 6.30. The summed E-state index contributed by atoms with van der Waals surface area (Å²) in [6.45, 7) is 11.6. The summed E-state index contributed by atoms with van der Waals surface area (Å²) in [5, 5.41) is 4.22. The maximum atomic E-state index is 12.7. The maximum Gasteiger partial charge on any atom is 0.230 e. The smallest absolute Gasteiger partial charge is 0.230 e. The fourth-order valence-corrected chi connectivity index (χ4v) is 4.25. The van der Waals surface area contributed by atoms with Crippen LogP contribution >= 0.6 is 11.8 Å². The highest BCUT2D eigenvalue weighted by molar-refractivity contribution is 7.99. The molecule has 0 aliphatic heterocycles. The zero-order chi connectivity index (χ0) is 19.6. The van der Waals surface area contributed by atoms with Crippen molar-refractivity contribution < 1.29 is 4.79 Å². The van der Waals surface area contributed by atoms with Gasteiger partial charge in [0, 0.05) is 12.2 Å². The third-order valence-corrected chi connectivity index (χ3v) is 6.13. The van der Waals surface area contributed by atoms with Crippen LogP contribution in [0.1, 0.15) is 55.2 Å². The van der Waals surface area contributed by atoms with Crippen molar-refractivity contribution in [1.29, 1.82) is 0 Å². The maximum absolute atomic E-state index is 12.7. The molecule has 1 atom stereocenters. The molecule has 1 fully saturated rings. The molecule has 0 spiro atoms. The molecule has 0 radical (unpaired) electrons. The van der Waals surface area contributed by atoms with Gasteiger partial charge in [0.15, 0.2) is 5.16 Å². The molecule has 0 bridgehead atoms. The SMILES string of the molecule is Cc1ccc(C(NC(=O)CSc2nc(C)c(C)n2CC(C)C)C2CC2)cc1. The van der Waals surface area contributed by atoms with Gasteiger partial charge in [-0.05, 0) is 51.0 Å². The standard InChI is InChI=1S/C22H31N3OS/c1-14(2)12-25-17(5)16(4)23-22(25)27-13-20(26)24-21(19-10-11-19)18-8-6-15(3)7-9-18/h6-9,14,19,21H,10-13H2,1-5H3,(H,24,26). The van der Waals surface area contributed by atoms with Crippen LogP contribution in [0.3, 0.4) is 0 Å². The number of nitrogens with zero attached hydrogens (tertiary/aromatic N) is 2. The minimum absolute atomic E-state index is 0.0897. The van der Waals surface area contributed by atoms with Gasteiger partial charge >= 0.3 is 0 Å². The minimum Gasteiger partial charge on any atom is -0.348 e. The molecular formula is C22H31N3OS. The highest BCUT2D eigenvalue weighted by atomic mass is 32.2. The number of nitrogens with one attached hydrogen (secondary N) is 1. The molecular weight excluding hydrogens is 354 g/mol. The summed E-state index contributed by atoms with van der Waals surface area (Å²) in [6, 6.07) is 8.68. The summed E-state index contributed by atoms with van der Waals surface area (Å²) in [7, 11) is 0. The van der Waals surface area contributed by atoms with E-state index in [0.717, 1.165) is 17.4 Å². The van der Waals surface area contributed by atoms with E-state index in [0.29, 0.717) is 17.6 Å². The van der Waals surface area contributed by atoms with Gasteiger partial charge in [0.1, 0.15) is 0 Å². The van der Waals surface area contributed by atoms with E-state index in [4.69, 9.17) is 0 Å². The molecule has 4 nitrogen and oxygen atoms in total. The van der Waals surface area contributed by atoms with Gasteiger partial charge < -0.3 is 9.88 Å². The van der Waals surface area contributed by atoms with Crippen LogP contribution in [0.15, 0.2) is 29.4 Å². The predicted octanol–water partition coefficient (Wildman–Crippen LogP) is 4.82. The van der Waals surface area contributed by atoms with Gasteiger partial charge in [-0.2, -0.15) is 0 Å². The second-order valence-corrected chi connectivity index (χ2v) is 9.09. The Hall–Kier alpha value is -1.75. The zero-order valence-electron chi connectivity index (χ0n) is 17.1. The Morgan fingerprint density at radius 3 is 2.48 bits per heavy atom. The monoisotopic (exact) mass is 385 g/mol. The number of carbonyl (C=O) groups is 1. The van der Waals surface area contributed by atoms with Crippen molar-refractivity contribution in [2.75, 3.05) is 5.75 Å². The highest BCUT2D eigenvalue weighted by Crippen LogP contribution is 2.41. The summed E-state index contributed by atoms with van der Waals surface area (Å²) in [6.07, 6.45) is 2.40. The number of amides is 1. The molecule has 1 heterocycles. The topological polar surface area (TPSA) is 46.9 Å². The summed E-state index contributed by atoms with van der Waals surface area (Å²) < 4.78 is 2.25. The lowest BCUT2D eigenvalue weighted by molar-refractivity contribution is -0.119. The summed E-state index contributed by atoms with van der Waals surface area (Å²) in [4.78, 5) is 17.3. The van der Waals surface area contributed by atoms with E-state index in [1.165, 1.54) is 29.7 Å². The van der Waals surface area contributed by atoms with Crippen molar-refractivity contribution >= 4 is 17.7 Å². The number of hydrogen-bond donors (Lipinski definition) is 1. The first kappa shape index (κ1) is 20.0. The molecule has 1 amide bonds. The van der Waals surface area contributed by atoms with Gasteiger partial charge in [-0.25, -0.2) is 4.98 Å². The van der Waals surface area contributed by atoms with E-state index < -0.39 is 0 Å². The second kappa shape index (κ2) is 8.51. The van der Waals surface area contributed by atoms with Gasteiger partial charge in [0.2, 0.25) is 5.91 Å². The third-order valence-electron chi connectivity index (χ3n) is 5.15. The van der Waals surface area contributed by atoms with Gasteiger partial charge in [0.25, 0.3) is 0 Å². The van der Waals surface area contributed by atoms with E-state index in [2.05, 4.69) is 66.8 Å². The number of rotatable bonds is 8. The van der Waals surface area contributed by atoms with Crippen LogP contribution < -0.4 is 5.32 Å². The molecule has 1 aliphatic carbocycles. The molecule has 1 aromatic carbocycles. The number of imidazole rings is 1. The first-order valence-corrected chi connectivity index (χ1v) is 10.9. The summed E-state index contributed by atoms with van der Waals surface area (Å²) >= 11 is 1.54. The van der Waals surface area contributed by atoms with Gasteiger partial charge in [-0.15, -0.1) is 0 Å². The van der Waals surface area contributed by atoms with Crippen LogP contribution in [0.5, 0.6) is 0 Å². The minimum atomic E-state index is 0.0897. The largest absolute Gasteiger partial charge is 0.348 e. The van der Waals surface area contributed by atoms with Gasteiger partial charge in [0.05, 0.1) is 17.5 Å². The Bertz CT molecular complexity index is 791. The van der Waals surface area contributed by atoms with Crippen molar-refractivity contribution in [3.8, 4) is 0 Å². The number of carbonyl (C=O) groups excluding carboxylic acids is 1. The fourth-order valence-electron chi connectivity index (χ4n) is 3.34. The summed E-state index contributed by atoms with van der Waals surface area (Å²) in [5.74, 6) is 1.62. The van der Waals surface area contributed by atoms with Crippen LogP contribution in [0.25, 0.3) is 0 Å². The Balaban J connectivity index is 1.64. The second-order valence-electron chi connectivity index (χ2n) is 8.15. The zero-order valence-corrected chi connectivity index (χ0v) is 17.9. The van der Waals surface area contributed by atoms with Crippen molar-refractivity contribution in [2.24, 2.45) is 11.8 Å². The molecule has 27 heavy (non-hydrogen) atoms. The highest BCUT2D eigenvalue weighted by Gasteiger charge is 2.33. The Morgan fingerprint density at radius 2 is 1.89 bits per heavy atom. The first-order valence-electron chi connectivity index (χ1n) is 9.87. The lowest BCUT2D eigenvalue weighted by Gasteiger charge is -2.19. The van der Waals surface area contributed by atoms with Crippen LogP contribution in [0.2, 0.25) is 0 Å². The molecule has 1 aliphatic rings. The molecule has 0 saturated heterocycles. The van der Waals surface area contributed by atoms with E-state index in [-0.39, 0.29) is 11.9 Å². The number of hydrogen-bond acceptors (Lipinski definition) is 3. The van der Waals surface area contributed by atoms with Gasteiger partial charge in [-0.1, -0.05) is 55.4 Å². The molecule has 146 valence electrons. The fraction of sp³-hybridized carbons (Fsp3) is 0.545. The first-order chi connectivity index (χ1) is 12.8. The normalized spacial score (nSPS) is 15.2. The molecule has 1 saturated carbocycles. The van der Waals surface area contributed by atoms with E-state index in [1.54, 1.807) is 11.8 Å². The molecule has 3 rings (SSSR count). The van der Waals surface area contributed by atoms with Crippen LogP contribution in [-0.2, 0) is 11.3 Å². The molecule has 5 heteroatoms. The number of benzene rings is 1. The third kappa shape index (κ3) is 5.16. The average molecular weight is 386 g/mol. The van der Waals surface area contributed by atoms with Crippen LogP contribution in [0, 0.1) is 32.6 Å². The Labute approximate surface area is 167 Å². The lowest BCUT2D eigenvalue weighted by atomic mass is 10.0. The number of aryl methyl sites for hydroxylation is 2. The Morgan fingerprint density at radius 1 is 1.22 bits per heavy atom. The predicted molar refractivity (Wildman–Crippen MR) is 112 cm³/mol. The van der Waals surface area contributed by atoms with E-state index in [1.807, 2.05) is 6.92 Å². The van der Waals surface area contributed by atoms with E-state index in [9.17, 15) is 4.79 Å². The number of thioether (sulfide) groups is 1.